The summed E-state index contributed by atoms with van der Waals surface area (Å²) in [6.07, 6.45) is 4.89. The Bertz CT molecular complexity index is 1460. The molecular formula is C27H32N8O4. The van der Waals surface area contributed by atoms with E-state index in [0.717, 1.165) is 17.0 Å². The molecule has 2 N–H and O–H groups in total. The Labute approximate surface area is 226 Å². The number of rotatable bonds is 10. The van der Waals surface area contributed by atoms with Crippen molar-refractivity contribution >= 4 is 17.7 Å². The van der Waals surface area contributed by atoms with Crippen molar-refractivity contribution in [2.75, 3.05) is 38.5 Å². The number of nitrogens with one attached hydrogen (secondary N) is 1. The molecule has 0 aliphatic carbocycles. The highest BCUT2D eigenvalue weighted by molar-refractivity contribution is 5.83. The highest BCUT2D eigenvalue weighted by Crippen LogP contribution is 2.37. The molecule has 1 atom stereocenters. The number of carbonyl (C=O) groups is 1. The van der Waals surface area contributed by atoms with E-state index in [1.807, 2.05) is 53.2 Å². The summed E-state index contributed by atoms with van der Waals surface area (Å²) in [4.78, 5) is 32.2. The van der Waals surface area contributed by atoms with Gasteiger partial charge in [0.05, 0.1) is 43.1 Å². The third-order valence-corrected chi connectivity index (χ3v) is 6.37. The predicted molar refractivity (Wildman–Crippen MR) is 147 cm³/mol. The van der Waals surface area contributed by atoms with Crippen molar-refractivity contribution in [2.45, 2.75) is 26.3 Å². The minimum atomic E-state index is -1.05. The molecule has 0 aliphatic heterocycles. The van der Waals surface area contributed by atoms with Crippen LogP contribution >= 0.6 is 0 Å². The maximum Gasteiger partial charge on any atom is 0.326 e. The summed E-state index contributed by atoms with van der Waals surface area (Å²) in [6.45, 7) is 3.84. The first kappa shape index (κ1) is 27.3. The third kappa shape index (κ3) is 5.59. The lowest BCUT2D eigenvalue weighted by atomic mass is 10.0. The summed E-state index contributed by atoms with van der Waals surface area (Å²) in [7, 11) is 8.64. The zero-order valence-corrected chi connectivity index (χ0v) is 23.1. The second-order valence-corrected chi connectivity index (χ2v) is 9.17. The molecule has 12 nitrogen and oxygen atoms in total. The standard InChI is InChI=1S/C27H32N8O4/c1-15-23(16(2)35(5)33-15)18-13-30-27(34(3)4)32-25(18)31-19(26(36)37)11-17-12-29-20(14-28-17)24-21(38-6)9-8-10-22(24)39-7/h8-10,12-14,19H,11H2,1-7H3,(H,36,37)(H,30,31,32). The Morgan fingerprint density at radius 3 is 2.26 bits per heavy atom. The Morgan fingerprint density at radius 2 is 1.74 bits per heavy atom. The highest BCUT2D eigenvalue weighted by Gasteiger charge is 2.25. The number of carboxylic acids is 1. The van der Waals surface area contributed by atoms with Gasteiger partial charge >= 0.3 is 5.97 Å². The molecule has 0 saturated heterocycles. The molecule has 0 bridgehead atoms. The lowest BCUT2D eigenvalue weighted by molar-refractivity contribution is -0.137. The van der Waals surface area contributed by atoms with Gasteiger partial charge in [-0.2, -0.15) is 10.1 Å². The molecule has 0 spiro atoms. The number of benzene rings is 1. The molecule has 0 saturated carbocycles. The van der Waals surface area contributed by atoms with Gasteiger partial charge in [0.25, 0.3) is 0 Å². The lowest BCUT2D eigenvalue weighted by Crippen LogP contribution is -2.33. The zero-order valence-electron chi connectivity index (χ0n) is 23.1. The first-order valence-corrected chi connectivity index (χ1v) is 12.2. The zero-order chi connectivity index (χ0) is 28.3. The third-order valence-electron chi connectivity index (χ3n) is 6.37. The van der Waals surface area contributed by atoms with Crippen LogP contribution in [0.15, 0.2) is 36.8 Å². The van der Waals surface area contributed by atoms with Crippen molar-refractivity contribution in [3.05, 3.63) is 53.9 Å². The summed E-state index contributed by atoms with van der Waals surface area (Å²) in [5.74, 6) is 0.969. The molecule has 0 radical (unpaired) electrons. The van der Waals surface area contributed by atoms with Crippen LogP contribution in [0.4, 0.5) is 11.8 Å². The quantitative estimate of drug-likeness (QED) is 0.311. The van der Waals surface area contributed by atoms with Gasteiger partial charge in [-0.05, 0) is 26.0 Å². The number of hydrogen-bond acceptors (Lipinski definition) is 10. The molecule has 204 valence electrons. The fraction of sp³-hybridized carbons (Fsp3) is 0.333. The van der Waals surface area contributed by atoms with Crippen LogP contribution in [0.2, 0.25) is 0 Å². The second kappa shape index (κ2) is 11.3. The van der Waals surface area contributed by atoms with Crippen molar-refractivity contribution in [3.8, 4) is 33.9 Å². The van der Waals surface area contributed by atoms with E-state index >= 15 is 0 Å². The van der Waals surface area contributed by atoms with Gasteiger partial charge in [-0.15, -0.1) is 0 Å². The van der Waals surface area contributed by atoms with Crippen molar-refractivity contribution in [2.24, 2.45) is 7.05 Å². The van der Waals surface area contributed by atoms with E-state index in [2.05, 4.69) is 30.4 Å². The molecule has 0 aliphatic rings. The fourth-order valence-electron chi connectivity index (χ4n) is 4.31. The molecule has 3 aromatic heterocycles. The summed E-state index contributed by atoms with van der Waals surface area (Å²) >= 11 is 0. The number of aromatic nitrogens is 6. The van der Waals surface area contributed by atoms with Crippen LogP contribution < -0.4 is 19.7 Å². The topological polar surface area (TPSA) is 140 Å². The number of nitrogens with zero attached hydrogens (tertiary/aromatic N) is 7. The second-order valence-electron chi connectivity index (χ2n) is 9.17. The molecule has 1 unspecified atom stereocenters. The number of hydrogen-bond donors (Lipinski definition) is 2. The van der Waals surface area contributed by atoms with E-state index in [1.165, 1.54) is 0 Å². The smallest absolute Gasteiger partial charge is 0.326 e. The van der Waals surface area contributed by atoms with Gasteiger partial charge in [0.1, 0.15) is 23.4 Å². The number of aryl methyl sites for hydroxylation is 2. The number of carboxylic acid groups (broad SMARTS) is 1. The number of anilines is 2. The highest BCUT2D eigenvalue weighted by atomic mass is 16.5. The molecule has 4 rings (SSSR count). The Morgan fingerprint density at radius 1 is 1.05 bits per heavy atom. The average Bonchev–Trinajstić information content (AvgIpc) is 3.18. The van der Waals surface area contributed by atoms with Crippen LogP contribution in [0.3, 0.4) is 0 Å². The molecule has 12 heteroatoms. The van der Waals surface area contributed by atoms with Gasteiger partial charge in [-0.25, -0.2) is 9.78 Å². The monoisotopic (exact) mass is 532 g/mol. The first-order chi connectivity index (χ1) is 18.6. The SMILES string of the molecule is COc1cccc(OC)c1-c1cnc(CC(Nc2nc(N(C)C)ncc2-c2c(C)nn(C)c2C)C(=O)O)cn1. The minimum Gasteiger partial charge on any atom is -0.496 e. The van der Waals surface area contributed by atoms with Gasteiger partial charge in [-0.1, -0.05) is 6.07 Å². The van der Waals surface area contributed by atoms with Crippen LogP contribution in [0.1, 0.15) is 17.1 Å². The normalized spacial score (nSPS) is 11.7. The van der Waals surface area contributed by atoms with Crippen molar-refractivity contribution in [1.82, 2.24) is 29.7 Å². The van der Waals surface area contributed by atoms with Gasteiger partial charge < -0.3 is 24.8 Å². The Hall–Kier alpha value is -4.74. The molecular weight excluding hydrogens is 500 g/mol. The van der Waals surface area contributed by atoms with Gasteiger partial charge in [0, 0.05) is 56.8 Å². The van der Waals surface area contributed by atoms with Crippen molar-refractivity contribution in [3.63, 3.8) is 0 Å². The summed E-state index contributed by atoms with van der Waals surface area (Å²) in [5, 5.41) is 17.7. The van der Waals surface area contributed by atoms with E-state index < -0.39 is 12.0 Å². The first-order valence-electron chi connectivity index (χ1n) is 12.2. The molecule has 0 amide bonds. The van der Waals surface area contributed by atoms with Crippen molar-refractivity contribution in [1.29, 1.82) is 0 Å². The molecule has 1 aromatic carbocycles. The maximum atomic E-state index is 12.4. The lowest BCUT2D eigenvalue weighted by Gasteiger charge is -2.20. The van der Waals surface area contributed by atoms with Gasteiger partial charge in [0.2, 0.25) is 5.95 Å². The van der Waals surface area contributed by atoms with Crippen LogP contribution in [-0.2, 0) is 18.3 Å². The number of ether oxygens (including phenoxy) is 2. The van der Waals surface area contributed by atoms with E-state index in [0.29, 0.717) is 45.8 Å². The van der Waals surface area contributed by atoms with E-state index in [1.54, 1.807) is 42.4 Å². The summed E-state index contributed by atoms with van der Waals surface area (Å²) in [5.41, 5.74) is 4.92. The molecule has 0 fully saturated rings. The van der Waals surface area contributed by atoms with E-state index in [9.17, 15) is 9.90 Å². The molecule has 39 heavy (non-hydrogen) atoms. The van der Waals surface area contributed by atoms with E-state index in [4.69, 9.17) is 9.47 Å². The number of methoxy groups -OCH3 is 2. The maximum absolute atomic E-state index is 12.4. The predicted octanol–water partition coefficient (Wildman–Crippen LogP) is 3.14. The molecule has 3 heterocycles. The van der Waals surface area contributed by atoms with Crippen LogP contribution in [-0.4, -0.2) is 75.1 Å². The fourth-order valence-corrected chi connectivity index (χ4v) is 4.31. The Balaban J connectivity index is 1.67. The van der Waals surface area contributed by atoms with Crippen molar-refractivity contribution < 1.29 is 19.4 Å². The van der Waals surface area contributed by atoms with Crippen LogP contribution in [0.25, 0.3) is 22.4 Å². The van der Waals surface area contributed by atoms with Gasteiger partial charge in [-0.3, -0.25) is 14.6 Å². The summed E-state index contributed by atoms with van der Waals surface area (Å²) < 4.78 is 12.7. The molecule has 4 aromatic rings. The van der Waals surface area contributed by atoms with E-state index in [-0.39, 0.29) is 6.42 Å². The van der Waals surface area contributed by atoms with Gasteiger partial charge in [0.15, 0.2) is 0 Å². The Kier molecular flexibility index (Phi) is 7.93. The average molecular weight is 533 g/mol. The summed E-state index contributed by atoms with van der Waals surface area (Å²) in [6, 6.07) is 4.41. The largest absolute Gasteiger partial charge is 0.496 e. The number of aliphatic carboxylic acids is 1. The minimum absolute atomic E-state index is 0.0669. The van der Waals surface area contributed by atoms with Crippen LogP contribution in [0.5, 0.6) is 11.5 Å². The van der Waals surface area contributed by atoms with Crippen LogP contribution in [0, 0.1) is 13.8 Å².